The van der Waals surface area contributed by atoms with Crippen LogP contribution >= 0.6 is 0 Å². The zero-order valence-electron chi connectivity index (χ0n) is 14.3. The van der Waals surface area contributed by atoms with Crippen LogP contribution in [-0.2, 0) is 0 Å². The summed E-state index contributed by atoms with van der Waals surface area (Å²) in [5, 5.41) is 14.2. The number of hydrazone groups is 1. The Morgan fingerprint density at radius 2 is 1.78 bits per heavy atom. The summed E-state index contributed by atoms with van der Waals surface area (Å²) in [6.07, 6.45) is 0.989. The SMILES string of the molecule is Cc1ccccc1-n1c(O)c(/C=N\NC(=O)c2ccccc2)c(=O)[nH]c1=O. The van der Waals surface area contributed by atoms with Crippen LogP contribution < -0.4 is 16.7 Å². The van der Waals surface area contributed by atoms with E-state index < -0.39 is 23.0 Å². The number of aromatic hydroxyl groups is 1. The number of nitrogens with zero attached hydrogens (tertiary/aromatic N) is 2. The van der Waals surface area contributed by atoms with Gasteiger partial charge in [0, 0.05) is 5.56 Å². The molecule has 1 heterocycles. The molecule has 0 saturated carbocycles. The lowest BCUT2D eigenvalue weighted by Gasteiger charge is -2.11. The van der Waals surface area contributed by atoms with Crippen molar-refractivity contribution >= 4 is 12.1 Å². The largest absolute Gasteiger partial charge is 0.493 e. The summed E-state index contributed by atoms with van der Waals surface area (Å²) in [6.45, 7) is 1.76. The molecule has 136 valence electrons. The predicted octanol–water partition coefficient (Wildman–Crippen LogP) is 1.30. The van der Waals surface area contributed by atoms with Gasteiger partial charge in [-0.25, -0.2) is 14.8 Å². The van der Waals surface area contributed by atoms with Crippen LogP contribution in [0.15, 0.2) is 69.3 Å². The summed E-state index contributed by atoms with van der Waals surface area (Å²) in [6, 6.07) is 15.3. The highest BCUT2D eigenvalue weighted by molar-refractivity contribution is 5.94. The highest BCUT2D eigenvalue weighted by atomic mass is 16.3. The molecule has 0 saturated heterocycles. The lowest BCUT2D eigenvalue weighted by Crippen LogP contribution is -2.32. The maximum atomic E-state index is 12.2. The minimum absolute atomic E-state index is 0.258. The van der Waals surface area contributed by atoms with E-state index in [9.17, 15) is 19.5 Å². The molecule has 8 heteroatoms. The van der Waals surface area contributed by atoms with E-state index in [1.165, 1.54) is 0 Å². The standard InChI is InChI=1S/C19H16N4O4/c1-12-7-5-6-10-15(12)23-18(26)14(17(25)21-19(23)27)11-20-22-16(24)13-8-3-2-4-9-13/h2-11,26H,1H3,(H,22,24)(H,21,25,27)/b20-11-. The second-order valence-electron chi connectivity index (χ2n) is 5.68. The highest BCUT2D eigenvalue weighted by Crippen LogP contribution is 2.18. The summed E-state index contributed by atoms with van der Waals surface area (Å²) in [4.78, 5) is 38.3. The van der Waals surface area contributed by atoms with E-state index in [0.29, 0.717) is 11.3 Å². The quantitative estimate of drug-likeness (QED) is 0.478. The molecule has 1 aromatic heterocycles. The number of amides is 1. The van der Waals surface area contributed by atoms with E-state index >= 15 is 0 Å². The van der Waals surface area contributed by atoms with Crippen LogP contribution in [0.5, 0.6) is 5.88 Å². The summed E-state index contributed by atoms with van der Waals surface area (Å²) < 4.78 is 0.969. The van der Waals surface area contributed by atoms with Crippen molar-refractivity contribution in [3.63, 3.8) is 0 Å². The number of aromatic amines is 1. The van der Waals surface area contributed by atoms with E-state index in [1.54, 1.807) is 61.5 Å². The second-order valence-corrected chi connectivity index (χ2v) is 5.68. The van der Waals surface area contributed by atoms with E-state index in [-0.39, 0.29) is 5.56 Å². The number of H-pyrrole nitrogens is 1. The maximum Gasteiger partial charge on any atom is 0.335 e. The Kier molecular flexibility index (Phi) is 4.98. The molecule has 3 rings (SSSR count). The van der Waals surface area contributed by atoms with Crippen LogP contribution in [-0.4, -0.2) is 26.8 Å². The number of carbonyl (C=O) groups excluding carboxylic acids is 1. The molecular formula is C19H16N4O4. The molecule has 2 aromatic carbocycles. The van der Waals surface area contributed by atoms with Crippen LogP contribution in [0.1, 0.15) is 21.5 Å². The van der Waals surface area contributed by atoms with Crippen molar-refractivity contribution < 1.29 is 9.90 Å². The fraction of sp³-hybridized carbons (Fsp3) is 0.0526. The molecule has 1 amide bonds. The lowest BCUT2D eigenvalue weighted by molar-refractivity contribution is 0.0955. The Morgan fingerprint density at radius 1 is 1.11 bits per heavy atom. The molecule has 27 heavy (non-hydrogen) atoms. The van der Waals surface area contributed by atoms with Gasteiger partial charge in [-0.3, -0.25) is 14.6 Å². The maximum absolute atomic E-state index is 12.2. The molecule has 0 aliphatic carbocycles. The minimum Gasteiger partial charge on any atom is -0.493 e. The number of hydrogen-bond acceptors (Lipinski definition) is 5. The van der Waals surface area contributed by atoms with Gasteiger partial charge in [0.25, 0.3) is 11.5 Å². The van der Waals surface area contributed by atoms with Crippen molar-refractivity contribution in [2.45, 2.75) is 6.92 Å². The molecule has 8 nitrogen and oxygen atoms in total. The third-order valence-corrected chi connectivity index (χ3v) is 3.87. The normalized spacial score (nSPS) is 10.9. The minimum atomic E-state index is -0.819. The molecule has 0 bridgehead atoms. The van der Waals surface area contributed by atoms with Gasteiger partial charge in [0.05, 0.1) is 11.9 Å². The molecular weight excluding hydrogens is 348 g/mol. The number of carbonyl (C=O) groups is 1. The van der Waals surface area contributed by atoms with Gasteiger partial charge in [0.15, 0.2) is 0 Å². The third kappa shape index (κ3) is 3.69. The number of para-hydroxylation sites is 1. The Morgan fingerprint density at radius 3 is 2.48 bits per heavy atom. The van der Waals surface area contributed by atoms with Crippen LogP contribution in [0.4, 0.5) is 0 Å². The zero-order valence-corrected chi connectivity index (χ0v) is 14.3. The Labute approximate surface area is 153 Å². The molecule has 0 unspecified atom stereocenters. The van der Waals surface area contributed by atoms with Crippen molar-refractivity contribution in [3.8, 4) is 11.6 Å². The Hall–Kier alpha value is -3.94. The summed E-state index contributed by atoms with van der Waals surface area (Å²) in [5.74, 6) is -1.05. The van der Waals surface area contributed by atoms with Crippen LogP contribution in [0.25, 0.3) is 5.69 Å². The van der Waals surface area contributed by atoms with E-state index in [4.69, 9.17) is 0 Å². The van der Waals surface area contributed by atoms with Gasteiger partial charge in [-0.15, -0.1) is 0 Å². The zero-order chi connectivity index (χ0) is 19.4. The summed E-state index contributed by atoms with van der Waals surface area (Å²) >= 11 is 0. The topological polar surface area (TPSA) is 117 Å². The van der Waals surface area contributed by atoms with E-state index in [2.05, 4.69) is 15.5 Å². The molecule has 0 atom stereocenters. The van der Waals surface area contributed by atoms with Crippen molar-refractivity contribution in [2.75, 3.05) is 0 Å². The first-order valence-electron chi connectivity index (χ1n) is 8.02. The molecule has 0 aliphatic heterocycles. The van der Waals surface area contributed by atoms with Gasteiger partial charge in [0.2, 0.25) is 5.88 Å². The molecule has 3 aromatic rings. The average molecular weight is 364 g/mol. The number of nitrogens with one attached hydrogen (secondary N) is 2. The average Bonchev–Trinajstić information content (AvgIpc) is 2.66. The smallest absolute Gasteiger partial charge is 0.335 e. The number of hydrogen-bond donors (Lipinski definition) is 3. The predicted molar refractivity (Wildman–Crippen MR) is 101 cm³/mol. The third-order valence-electron chi connectivity index (χ3n) is 3.87. The van der Waals surface area contributed by atoms with E-state index in [0.717, 1.165) is 16.3 Å². The first-order chi connectivity index (χ1) is 13.0. The summed E-state index contributed by atoms with van der Waals surface area (Å²) in [5.41, 5.74) is 1.94. The van der Waals surface area contributed by atoms with Gasteiger partial charge in [0.1, 0.15) is 5.56 Å². The summed E-state index contributed by atoms with van der Waals surface area (Å²) in [7, 11) is 0. The van der Waals surface area contributed by atoms with Gasteiger partial charge in [-0.05, 0) is 30.7 Å². The monoisotopic (exact) mass is 364 g/mol. The number of benzene rings is 2. The first kappa shape index (κ1) is 17.9. The van der Waals surface area contributed by atoms with Gasteiger partial charge in [-0.1, -0.05) is 36.4 Å². The van der Waals surface area contributed by atoms with Crippen LogP contribution in [0.3, 0.4) is 0 Å². The van der Waals surface area contributed by atoms with Crippen LogP contribution in [0.2, 0.25) is 0 Å². The first-order valence-corrected chi connectivity index (χ1v) is 8.02. The van der Waals surface area contributed by atoms with Crippen molar-refractivity contribution in [3.05, 3.63) is 92.1 Å². The van der Waals surface area contributed by atoms with Gasteiger partial charge >= 0.3 is 5.69 Å². The fourth-order valence-electron chi connectivity index (χ4n) is 2.50. The number of aromatic nitrogens is 2. The van der Waals surface area contributed by atoms with Crippen molar-refractivity contribution in [1.82, 2.24) is 15.0 Å². The Balaban J connectivity index is 1.96. The van der Waals surface area contributed by atoms with Crippen molar-refractivity contribution in [2.24, 2.45) is 5.10 Å². The fourth-order valence-corrected chi connectivity index (χ4v) is 2.50. The molecule has 3 N–H and O–H groups in total. The van der Waals surface area contributed by atoms with Gasteiger partial charge in [-0.2, -0.15) is 5.10 Å². The molecule has 0 radical (unpaired) electrons. The molecule has 0 aliphatic rings. The van der Waals surface area contributed by atoms with Crippen LogP contribution in [0, 0.1) is 6.92 Å². The molecule has 0 fully saturated rings. The highest BCUT2D eigenvalue weighted by Gasteiger charge is 2.15. The lowest BCUT2D eigenvalue weighted by atomic mass is 10.2. The van der Waals surface area contributed by atoms with Crippen molar-refractivity contribution in [1.29, 1.82) is 0 Å². The second kappa shape index (κ2) is 7.52. The molecule has 0 spiro atoms. The number of aryl methyl sites for hydroxylation is 1. The number of rotatable bonds is 4. The van der Waals surface area contributed by atoms with Gasteiger partial charge < -0.3 is 5.11 Å². The Bertz CT molecular complexity index is 1130. The van der Waals surface area contributed by atoms with E-state index in [1.807, 2.05) is 0 Å².